The van der Waals surface area contributed by atoms with Gasteiger partial charge in [-0.05, 0) is 30.3 Å². The summed E-state index contributed by atoms with van der Waals surface area (Å²) in [6.45, 7) is 0.815. The molecule has 0 saturated heterocycles. The quantitative estimate of drug-likeness (QED) is 0.623. The van der Waals surface area contributed by atoms with Crippen LogP contribution in [0.4, 0.5) is 11.5 Å². The Bertz CT molecular complexity index is 675. The normalized spacial score (nSPS) is 10.7. The van der Waals surface area contributed by atoms with Crippen LogP contribution < -0.4 is 11.1 Å². The predicted octanol–water partition coefficient (Wildman–Crippen LogP) is 2.19. The summed E-state index contributed by atoms with van der Waals surface area (Å²) in [7, 11) is 0. The summed E-state index contributed by atoms with van der Waals surface area (Å²) in [5.74, 6) is 0.872. The van der Waals surface area contributed by atoms with Crippen LogP contribution >= 0.6 is 0 Å². The van der Waals surface area contributed by atoms with Crippen LogP contribution in [0.3, 0.4) is 0 Å². The molecule has 3 aromatic rings. The number of nitrogens with one attached hydrogen (secondary N) is 2. The standard InChI is InChI=1S/C14H15N5/c15-11-2-3-13-10(7-11)1-4-14(19-13)17-6-5-12-8-16-9-18-12/h1-4,7-9H,5-6,15H2,(H,16,18)(H,17,19). The van der Waals surface area contributed by atoms with Crippen molar-refractivity contribution < 1.29 is 0 Å². The van der Waals surface area contributed by atoms with Crippen LogP contribution in [0.25, 0.3) is 10.9 Å². The summed E-state index contributed by atoms with van der Waals surface area (Å²) < 4.78 is 0. The van der Waals surface area contributed by atoms with Gasteiger partial charge in [0.05, 0.1) is 11.8 Å². The Balaban J connectivity index is 1.69. The average molecular weight is 253 g/mol. The zero-order valence-corrected chi connectivity index (χ0v) is 10.4. The summed E-state index contributed by atoms with van der Waals surface area (Å²) in [6.07, 6.45) is 4.41. The van der Waals surface area contributed by atoms with E-state index in [1.54, 1.807) is 6.33 Å². The molecule has 4 N–H and O–H groups in total. The number of fused-ring (bicyclic) bond motifs is 1. The first-order chi connectivity index (χ1) is 9.31. The van der Waals surface area contributed by atoms with E-state index in [0.717, 1.165) is 41.1 Å². The van der Waals surface area contributed by atoms with Gasteiger partial charge in [0, 0.05) is 35.9 Å². The van der Waals surface area contributed by atoms with E-state index in [1.165, 1.54) is 0 Å². The van der Waals surface area contributed by atoms with Gasteiger partial charge in [-0.25, -0.2) is 9.97 Å². The van der Waals surface area contributed by atoms with Gasteiger partial charge < -0.3 is 16.0 Å². The number of anilines is 2. The smallest absolute Gasteiger partial charge is 0.126 e. The fraction of sp³-hybridized carbons (Fsp3) is 0.143. The molecule has 19 heavy (non-hydrogen) atoms. The van der Waals surface area contributed by atoms with E-state index in [4.69, 9.17) is 5.73 Å². The van der Waals surface area contributed by atoms with Gasteiger partial charge in [-0.3, -0.25) is 0 Å². The number of rotatable bonds is 4. The second kappa shape index (κ2) is 4.97. The third-order valence-corrected chi connectivity index (χ3v) is 2.97. The number of H-pyrrole nitrogens is 1. The summed E-state index contributed by atoms with van der Waals surface area (Å²) >= 11 is 0. The van der Waals surface area contributed by atoms with Crippen LogP contribution in [0.15, 0.2) is 42.9 Å². The monoisotopic (exact) mass is 253 g/mol. The van der Waals surface area contributed by atoms with Crippen molar-refractivity contribution in [2.75, 3.05) is 17.6 Å². The van der Waals surface area contributed by atoms with Gasteiger partial charge in [-0.1, -0.05) is 0 Å². The van der Waals surface area contributed by atoms with Gasteiger partial charge in [0.1, 0.15) is 5.82 Å². The Hall–Kier alpha value is -2.56. The van der Waals surface area contributed by atoms with Gasteiger partial charge >= 0.3 is 0 Å². The minimum absolute atomic E-state index is 0.759. The Morgan fingerprint density at radius 1 is 1.21 bits per heavy atom. The molecule has 0 bridgehead atoms. The van der Waals surface area contributed by atoms with E-state index in [1.807, 2.05) is 36.5 Å². The van der Waals surface area contributed by atoms with Crippen molar-refractivity contribution >= 4 is 22.4 Å². The minimum Gasteiger partial charge on any atom is -0.399 e. The number of nitrogen functional groups attached to an aromatic ring is 1. The lowest BCUT2D eigenvalue weighted by Crippen LogP contribution is -2.06. The van der Waals surface area contributed by atoms with Gasteiger partial charge in [0.25, 0.3) is 0 Å². The third-order valence-electron chi connectivity index (χ3n) is 2.97. The Morgan fingerprint density at radius 2 is 2.16 bits per heavy atom. The van der Waals surface area contributed by atoms with Crippen molar-refractivity contribution in [2.24, 2.45) is 0 Å². The lowest BCUT2D eigenvalue weighted by atomic mass is 10.2. The zero-order chi connectivity index (χ0) is 13.1. The van der Waals surface area contributed by atoms with Crippen molar-refractivity contribution in [3.63, 3.8) is 0 Å². The fourth-order valence-electron chi connectivity index (χ4n) is 1.99. The molecule has 0 unspecified atom stereocenters. The second-order valence-corrected chi connectivity index (χ2v) is 4.40. The number of hydrogen-bond donors (Lipinski definition) is 3. The van der Waals surface area contributed by atoms with Crippen molar-refractivity contribution in [1.82, 2.24) is 15.0 Å². The molecule has 0 atom stereocenters. The molecule has 96 valence electrons. The maximum atomic E-state index is 5.74. The first kappa shape index (κ1) is 11.5. The number of pyridine rings is 1. The highest BCUT2D eigenvalue weighted by molar-refractivity contribution is 5.83. The van der Waals surface area contributed by atoms with E-state index in [2.05, 4.69) is 20.3 Å². The van der Waals surface area contributed by atoms with E-state index >= 15 is 0 Å². The number of hydrogen-bond acceptors (Lipinski definition) is 4. The molecule has 0 spiro atoms. The summed E-state index contributed by atoms with van der Waals surface area (Å²) in [5, 5.41) is 4.35. The van der Waals surface area contributed by atoms with E-state index in [9.17, 15) is 0 Å². The summed E-state index contributed by atoms with van der Waals surface area (Å²) in [5.41, 5.74) is 8.56. The number of nitrogens with zero attached hydrogens (tertiary/aromatic N) is 2. The van der Waals surface area contributed by atoms with Crippen LogP contribution in [-0.2, 0) is 6.42 Å². The van der Waals surface area contributed by atoms with Crippen LogP contribution in [0.1, 0.15) is 5.69 Å². The van der Waals surface area contributed by atoms with E-state index < -0.39 is 0 Å². The molecule has 5 heteroatoms. The molecule has 0 aliphatic heterocycles. The Kier molecular flexibility index (Phi) is 3.02. The highest BCUT2D eigenvalue weighted by Crippen LogP contribution is 2.17. The number of benzene rings is 1. The van der Waals surface area contributed by atoms with Crippen LogP contribution in [-0.4, -0.2) is 21.5 Å². The SMILES string of the molecule is Nc1ccc2nc(NCCc3cnc[nH]3)ccc2c1. The molecule has 2 heterocycles. The molecule has 0 fully saturated rings. The van der Waals surface area contributed by atoms with Gasteiger partial charge in [0.2, 0.25) is 0 Å². The number of aromatic amines is 1. The molecule has 3 rings (SSSR count). The topological polar surface area (TPSA) is 79.6 Å². The molecule has 0 saturated carbocycles. The van der Waals surface area contributed by atoms with Crippen molar-refractivity contribution in [1.29, 1.82) is 0 Å². The van der Waals surface area contributed by atoms with Crippen LogP contribution in [0.2, 0.25) is 0 Å². The van der Waals surface area contributed by atoms with Gasteiger partial charge in [-0.2, -0.15) is 0 Å². The number of nitrogens with two attached hydrogens (primary N) is 1. The highest BCUT2D eigenvalue weighted by Gasteiger charge is 1.99. The van der Waals surface area contributed by atoms with Crippen molar-refractivity contribution in [3.05, 3.63) is 48.5 Å². The van der Waals surface area contributed by atoms with Crippen LogP contribution in [0, 0.1) is 0 Å². The first-order valence-electron chi connectivity index (χ1n) is 6.19. The maximum absolute atomic E-state index is 5.74. The van der Waals surface area contributed by atoms with E-state index in [-0.39, 0.29) is 0 Å². The Labute approximate surface area is 110 Å². The van der Waals surface area contributed by atoms with E-state index in [0.29, 0.717) is 0 Å². The third kappa shape index (κ3) is 2.65. The highest BCUT2D eigenvalue weighted by atomic mass is 15.0. The predicted molar refractivity (Wildman–Crippen MR) is 76.9 cm³/mol. The molecule has 0 amide bonds. The lowest BCUT2D eigenvalue weighted by molar-refractivity contribution is 0.970. The zero-order valence-electron chi connectivity index (χ0n) is 10.4. The molecule has 0 aliphatic rings. The Morgan fingerprint density at radius 3 is 3.00 bits per heavy atom. The summed E-state index contributed by atoms with van der Waals surface area (Å²) in [6, 6.07) is 9.72. The molecular formula is C14H15N5. The molecule has 5 nitrogen and oxygen atoms in total. The van der Waals surface area contributed by atoms with Crippen molar-refractivity contribution in [3.8, 4) is 0 Å². The molecule has 0 aliphatic carbocycles. The largest absolute Gasteiger partial charge is 0.399 e. The maximum Gasteiger partial charge on any atom is 0.126 e. The lowest BCUT2D eigenvalue weighted by Gasteiger charge is -2.06. The molecule has 2 aromatic heterocycles. The number of aromatic nitrogens is 3. The van der Waals surface area contributed by atoms with Gasteiger partial charge in [0.15, 0.2) is 0 Å². The van der Waals surface area contributed by atoms with Crippen LogP contribution in [0.5, 0.6) is 0 Å². The summed E-state index contributed by atoms with van der Waals surface area (Å²) in [4.78, 5) is 11.6. The first-order valence-corrected chi connectivity index (χ1v) is 6.19. The number of imidazole rings is 1. The molecular weight excluding hydrogens is 238 g/mol. The molecule has 0 radical (unpaired) electrons. The fourth-order valence-corrected chi connectivity index (χ4v) is 1.99. The van der Waals surface area contributed by atoms with Crippen molar-refractivity contribution in [2.45, 2.75) is 6.42 Å². The minimum atomic E-state index is 0.759. The van der Waals surface area contributed by atoms with Gasteiger partial charge in [-0.15, -0.1) is 0 Å². The second-order valence-electron chi connectivity index (χ2n) is 4.40. The molecule has 1 aromatic carbocycles. The average Bonchev–Trinajstić information content (AvgIpc) is 2.92.